The Kier molecular flexibility index (Phi) is 8.58. The van der Waals surface area contributed by atoms with E-state index in [0.29, 0.717) is 50.9 Å². The molecule has 262 valence electrons. The largest absolute Gasteiger partial charge is 0.493 e. The number of carbonyl (C=O) groups excluding carboxylic acids is 1. The average molecular weight is 692 g/mol. The summed E-state index contributed by atoms with van der Waals surface area (Å²) in [5, 5.41) is 52.2. The Bertz CT molecular complexity index is 1900. The molecule has 7 atom stereocenters. The van der Waals surface area contributed by atoms with Crippen molar-refractivity contribution in [1.82, 2.24) is 0 Å². The predicted octanol–water partition coefficient (Wildman–Crippen LogP) is 2.11. The van der Waals surface area contributed by atoms with Crippen LogP contribution in [0.1, 0.15) is 41.6 Å². The van der Waals surface area contributed by atoms with Crippen molar-refractivity contribution in [2.45, 2.75) is 55.1 Å². The van der Waals surface area contributed by atoms with E-state index in [1.54, 1.807) is 36.4 Å². The lowest BCUT2D eigenvalue weighted by Crippen LogP contribution is -2.68. The number of esters is 1. The van der Waals surface area contributed by atoms with Crippen LogP contribution in [-0.2, 0) is 19.1 Å². The Hall–Kier alpha value is -5.24. The summed E-state index contributed by atoms with van der Waals surface area (Å²) in [7, 11) is 3.06. The molecule has 1 saturated heterocycles. The third-order valence-electron chi connectivity index (χ3n) is 9.33. The lowest BCUT2D eigenvalue weighted by atomic mass is 9.80. The number of hydrogen-bond donors (Lipinski definition) is 6. The van der Waals surface area contributed by atoms with E-state index in [4.69, 9.17) is 38.3 Å². The number of aliphatic hydroxyl groups is 3. The van der Waals surface area contributed by atoms with Gasteiger partial charge in [-0.2, -0.15) is 0 Å². The molecule has 3 aromatic carbocycles. The van der Waals surface area contributed by atoms with Gasteiger partial charge in [0.1, 0.15) is 54.5 Å². The lowest BCUT2D eigenvalue weighted by Gasteiger charge is -2.47. The molecule has 0 aliphatic carbocycles. The number of carboxylic acid groups (broad SMARTS) is 1. The van der Waals surface area contributed by atoms with Crippen LogP contribution in [0.15, 0.2) is 42.5 Å². The molecule has 2 bridgehead atoms. The van der Waals surface area contributed by atoms with Crippen molar-refractivity contribution in [3.05, 3.63) is 59.2 Å². The van der Waals surface area contributed by atoms with Crippen LogP contribution in [0.3, 0.4) is 0 Å². The van der Waals surface area contributed by atoms with Crippen LogP contribution in [0, 0.1) is 11.8 Å². The molecule has 5 heterocycles. The van der Waals surface area contributed by atoms with Crippen molar-refractivity contribution >= 4 is 17.6 Å². The van der Waals surface area contributed by atoms with Crippen LogP contribution < -0.4 is 29.2 Å². The van der Waals surface area contributed by atoms with Gasteiger partial charge in [-0.1, -0.05) is 30.0 Å². The van der Waals surface area contributed by atoms with E-state index in [1.165, 1.54) is 14.2 Å². The van der Waals surface area contributed by atoms with Crippen molar-refractivity contribution in [3.63, 3.8) is 0 Å². The molecule has 5 aliphatic heterocycles. The number of rotatable bonds is 8. The Balaban J connectivity index is 1.36. The monoisotopic (exact) mass is 691 g/mol. The number of nitrogens with one attached hydrogen (secondary N) is 1. The first-order valence-electron chi connectivity index (χ1n) is 15.6. The minimum absolute atomic E-state index is 0.106. The predicted molar refractivity (Wildman–Crippen MR) is 169 cm³/mol. The van der Waals surface area contributed by atoms with E-state index in [2.05, 4.69) is 17.3 Å². The molecule has 0 saturated carbocycles. The summed E-state index contributed by atoms with van der Waals surface area (Å²) in [6.45, 7) is -0.435. The summed E-state index contributed by atoms with van der Waals surface area (Å²) in [6, 6.07) is 12.1. The number of hydrogen-bond acceptors (Lipinski definition) is 14. The molecule has 8 rings (SSSR count). The summed E-state index contributed by atoms with van der Waals surface area (Å²) >= 11 is 0. The summed E-state index contributed by atoms with van der Waals surface area (Å²) in [6.07, 6.45) is -8.66. The van der Waals surface area contributed by atoms with Gasteiger partial charge in [0.2, 0.25) is 12.0 Å². The molecule has 1 fully saturated rings. The van der Waals surface area contributed by atoms with Crippen molar-refractivity contribution in [2.75, 3.05) is 32.9 Å². The maximum absolute atomic E-state index is 12.0. The molecule has 6 N–H and O–H groups in total. The molecule has 5 aliphatic rings. The highest BCUT2D eigenvalue weighted by Crippen LogP contribution is 2.59. The molecule has 0 unspecified atom stereocenters. The number of aliphatic hydroxyl groups excluding tert-OH is 2. The number of carbonyl (C=O) groups is 2. The van der Waals surface area contributed by atoms with E-state index in [0.717, 1.165) is 5.56 Å². The summed E-state index contributed by atoms with van der Waals surface area (Å²) in [5.74, 6) is 5.13. The minimum Gasteiger partial charge on any atom is -0.493 e. The Morgan fingerprint density at radius 1 is 1.06 bits per heavy atom. The smallest absolute Gasteiger partial charge is 0.317 e. The first-order valence-corrected chi connectivity index (χ1v) is 15.6. The van der Waals surface area contributed by atoms with E-state index in [-0.39, 0.29) is 18.3 Å². The molecule has 3 aromatic rings. The van der Waals surface area contributed by atoms with Gasteiger partial charge in [0.25, 0.3) is 0 Å². The van der Waals surface area contributed by atoms with Crippen molar-refractivity contribution in [2.24, 2.45) is 0 Å². The van der Waals surface area contributed by atoms with Gasteiger partial charge in [0.05, 0.1) is 38.0 Å². The van der Waals surface area contributed by atoms with Crippen LogP contribution in [-0.4, -0.2) is 95.2 Å². The highest BCUT2D eigenvalue weighted by molar-refractivity contribution is 5.90. The van der Waals surface area contributed by atoms with Gasteiger partial charge in [-0.25, -0.2) is 0 Å². The van der Waals surface area contributed by atoms with Gasteiger partial charge in [0, 0.05) is 29.2 Å². The van der Waals surface area contributed by atoms with Gasteiger partial charge in [0.15, 0.2) is 11.5 Å². The molecule has 0 radical (unpaired) electrons. The molecule has 15 heteroatoms. The van der Waals surface area contributed by atoms with Gasteiger partial charge in [-0.3, -0.25) is 20.3 Å². The van der Waals surface area contributed by atoms with E-state index in [9.17, 15) is 30.1 Å². The summed E-state index contributed by atoms with van der Waals surface area (Å²) in [4.78, 5) is 22.9. The first kappa shape index (κ1) is 33.3. The highest BCUT2D eigenvalue weighted by Gasteiger charge is 2.56. The number of ether oxygens (including phenoxy) is 7. The topological polar surface area (TPSA) is 212 Å². The number of benzene rings is 3. The molecule has 50 heavy (non-hydrogen) atoms. The Labute approximate surface area is 284 Å². The average Bonchev–Trinajstić information content (AvgIpc) is 3.49. The summed E-state index contributed by atoms with van der Waals surface area (Å²) < 4.78 is 41.3. The number of methoxy groups -OCH3 is 2. The van der Waals surface area contributed by atoms with Crippen molar-refractivity contribution < 1.29 is 68.4 Å². The first-order chi connectivity index (χ1) is 24.1. The maximum atomic E-state index is 12.0. The van der Waals surface area contributed by atoms with Gasteiger partial charge >= 0.3 is 11.9 Å². The Morgan fingerprint density at radius 2 is 1.84 bits per heavy atom. The fraction of sp³-hybridized carbons (Fsp3) is 0.371. The molecule has 0 spiro atoms. The second-order valence-electron chi connectivity index (χ2n) is 12.2. The number of anilines is 1. The molecular weight excluding hydrogens is 658 g/mol. The third-order valence-corrected chi connectivity index (χ3v) is 9.33. The number of carboxylic acids is 1. The van der Waals surface area contributed by atoms with Crippen LogP contribution in [0.5, 0.6) is 28.7 Å². The normalized spacial score (nSPS) is 26.9. The van der Waals surface area contributed by atoms with Gasteiger partial charge in [-0.05, 0) is 23.8 Å². The zero-order valence-electron chi connectivity index (χ0n) is 26.7. The zero-order valence-corrected chi connectivity index (χ0v) is 26.7. The SMILES string of the molecule is COc1ccc2c(c1OC)O[C@H]1c3c(cc4c(c3-c3ccc(NO)cc3)C#CC[C@]3(O)[C@H](O)[C@@H](O)[C@H](O4)O[C@@H]3COC(=O)CC(=O)O)OC[C@@H]21. The standard InChI is InChI=1S/C35H33NO14/c1-44-21-10-9-18-20-14-46-23-12-22-19(27(16-5-7-17(36-43)8-6-16)28(23)30(20)50-31(18)32(21)45-2)4-3-11-35(42)24(15-47-26(39)13-25(37)38)49-34(48-22)29(40)33(35)41/h5-10,12,20,24,29-30,33-34,36,40-43H,11,13-15H2,1-2H3,(H,37,38)/t20-,24+,29+,30+,33+,34+,35+/m0/s1. The van der Waals surface area contributed by atoms with E-state index >= 15 is 0 Å². The second kappa shape index (κ2) is 12.9. The fourth-order valence-electron chi connectivity index (χ4n) is 6.83. The van der Waals surface area contributed by atoms with E-state index in [1.807, 2.05) is 6.07 Å². The summed E-state index contributed by atoms with van der Waals surface area (Å²) in [5.41, 5.74) is 3.27. The minimum atomic E-state index is -2.25. The molecule has 15 nitrogen and oxygen atoms in total. The molecular formula is C35H33NO14. The van der Waals surface area contributed by atoms with Crippen LogP contribution in [0.25, 0.3) is 11.1 Å². The quantitative estimate of drug-likeness (QED) is 0.0864. The van der Waals surface area contributed by atoms with Crippen LogP contribution in [0.2, 0.25) is 0 Å². The maximum Gasteiger partial charge on any atom is 0.317 e. The van der Waals surface area contributed by atoms with E-state index < -0.39 is 67.7 Å². The van der Waals surface area contributed by atoms with Crippen LogP contribution >= 0.6 is 0 Å². The van der Waals surface area contributed by atoms with Crippen molar-refractivity contribution in [1.29, 1.82) is 0 Å². The fourth-order valence-corrected chi connectivity index (χ4v) is 6.83. The number of fused-ring (bicyclic) bond motifs is 8. The molecule has 0 amide bonds. The second-order valence-corrected chi connectivity index (χ2v) is 12.2. The third kappa shape index (κ3) is 5.47. The molecule has 0 aromatic heterocycles. The van der Waals surface area contributed by atoms with Gasteiger partial charge in [-0.15, -0.1) is 0 Å². The van der Waals surface area contributed by atoms with Crippen molar-refractivity contribution in [3.8, 4) is 51.7 Å². The lowest BCUT2D eigenvalue weighted by molar-refractivity contribution is -0.312. The zero-order chi connectivity index (χ0) is 35.3. The van der Waals surface area contributed by atoms with Crippen LogP contribution in [0.4, 0.5) is 5.69 Å². The van der Waals surface area contributed by atoms with Gasteiger partial charge < -0.3 is 53.6 Å². The Morgan fingerprint density at radius 3 is 2.54 bits per heavy atom. The number of aliphatic carboxylic acids is 1. The highest BCUT2D eigenvalue weighted by atomic mass is 16.7.